The zero-order valence-corrected chi connectivity index (χ0v) is 11.8. The summed E-state index contributed by atoms with van der Waals surface area (Å²) >= 11 is 0. The predicted molar refractivity (Wildman–Crippen MR) is 74.1 cm³/mol. The first-order valence-electron chi connectivity index (χ1n) is 6.49. The van der Waals surface area contributed by atoms with Gasteiger partial charge in [0.1, 0.15) is 19.6 Å². The smallest absolute Gasteiger partial charge is 0.253 e. The van der Waals surface area contributed by atoms with Gasteiger partial charge in [0.25, 0.3) is 5.84 Å². The Morgan fingerprint density at radius 1 is 1.37 bits per heavy atom. The number of hydrogen-bond donors (Lipinski definition) is 2. The standard InChI is InChI=1S/C15H20N2O.ClH/c1-2-6-14(13-7-4-3-5-8-13)15-16-9-10-17(15)11-12-18;/h2-5,7-8,14,18H,1,6,9-12H2;1H. The fourth-order valence-corrected chi connectivity index (χ4v) is 2.51. The van der Waals surface area contributed by atoms with Crippen molar-refractivity contribution in [1.29, 1.82) is 0 Å². The van der Waals surface area contributed by atoms with Crippen molar-refractivity contribution in [2.75, 3.05) is 26.2 Å². The maximum absolute atomic E-state index is 9.12. The van der Waals surface area contributed by atoms with Crippen molar-refractivity contribution in [1.82, 2.24) is 5.32 Å². The Morgan fingerprint density at radius 2 is 2.11 bits per heavy atom. The Morgan fingerprint density at radius 3 is 2.74 bits per heavy atom. The molecule has 3 nitrogen and oxygen atoms in total. The fraction of sp³-hybridized carbons (Fsp3) is 0.400. The van der Waals surface area contributed by atoms with Crippen LogP contribution in [0.1, 0.15) is 17.9 Å². The van der Waals surface area contributed by atoms with Crippen molar-refractivity contribution in [2.45, 2.75) is 12.3 Å². The van der Waals surface area contributed by atoms with Crippen LogP contribution in [0.2, 0.25) is 0 Å². The van der Waals surface area contributed by atoms with Gasteiger partial charge in [-0.3, -0.25) is 9.89 Å². The van der Waals surface area contributed by atoms with E-state index in [9.17, 15) is 0 Å². The van der Waals surface area contributed by atoms with Crippen molar-refractivity contribution in [3.8, 4) is 0 Å². The third-order valence-electron chi connectivity index (χ3n) is 3.33. The third-order valence-corrected chi connectivity index (χ3v) is 3.33. The minimum absolute atomic E-state index is 0. The summed E-state index contributed by atoms with van der Waals surface area (Å²) in [5, 5.41) is 12.6. The number of β-amino-alcohol motifs (C(OH)–C–C–N with tert-alkyl or cyclic N) is 1. The van der Waals surface area contributed by atoms with E-state index in [4.69, 9.17) is 5.11 Å². The van der Waals surface area contributed by atoms with Crippen molar-refractivity contribution >= 4 is 5.84 Å². The molecule has 0 bridgehead atoms. The number of benzene rings is 1. The maximum Gasteiger partial charge on any atom is 0.253 e. The van der Waals surface area contributed by atoms with Gasteiger partial charge in [0.2, 0.25) is 0 Å². The van der Waals surface area contributed by atoms with Gasteiger partial charge >= 0.3 is 0 Å². The SMILES string of the molecule is C=CCC(C1=[N+](CCO)CCN1)c1ccccc1.[Cl-]. The van der Waals surface area contributed by atoms with Crippen molar-refractivity contribution in [2.24, 2.45) is 0 Å². The lowest BCUT2D eigenvalue weighted by Gasteiger charge is -2.14. The molecule has 104 valence electrons. The molecule has 0 spiro atoms. The summed E-state index contributed by atoms with van der Waals surface area (Å²) in [6, 6.07) is 10.5. The Hall–Kier alpha value is -1.32. The van der Waals surface area contributed by atoms with Crippen LogP contribution in [0.25, 0.3) is 0 Å². The Kier molecular flexibility index (Phi) is 6.60. The van der Waals surface area contributed by atoms with Crippen LogP contribution < -0.4 is 17.7 Å². The monoisotopic (exact) mass is 280 g/mol. The summed E-state index contributed by atoms with van der Waals surface area (Å²) in [5.41, 5.74) is 1.30. The van der Waals surface area contributed by atoms with Crippen molar-refractivity contribution < 1.29 is 22.1 Å². The number of nitrogens with zero attached hydrogens (tertiary/aromatic N) is 1. The first-order valence-corrected chi connectivity index (χ1v) is 6.49. The molecule has 0 saturated heterocycles. The van der Waals surface area contributed by atoms with Crippen LogP contribution >= 0.6 is 0 Å². The number of halogens is 1. The van der Waals surface area contributed by atoms with E-state index in [1.54, 1.807) is 0 Å². The molecule has 0 aliphatic carbocycles. The molecule has 1 aliphatic rings. The fourth-order valence-electron chi connectivity index (χ4n) is 2.51. The van der Waals surface area contributed by atoms with Gasteiger partial charge < -0.3 is 17.5 Å². The number of allylic oxidation sites excluding steroid dienone is 1. The van der Waals surface area contributed by atoms with Gasteiger partial charge in [0.05, 0.1) is 12.5 Å². The van der Waals surface area contributed by atoms with E-state index in [2.05, 4.69) is 40.7 Å². The predicted octanol–water partition coefficient (Wildman–Crippen LogP) is -1.64. The first-order chi connectivity index (χ1) is 8.86. The highest BCUT2D eigenvalue weighted by Crippen LogP contribution is 2.21. The zero-order valence-electron chi connectivity index (χ0n) is 11.1. The van der Waals surface area contributed by atoms with Gasteiger partial charge in [-0.05, 0) is 12.0 Å². The van der Waals surface area contributed by atoms with Gasteiger partial charge in [0.15, 0.2) is 0 Å². The van der Waals surface area contributed by atoms with Gasteiger partial charge in [-0.25, -0.2) is 0 Å². The minimum Gasteiger partial charge on any atom is -1.00 e. The van der Waals surface area contributed by atoms with Gasteiger partial charge in [-0.15, -0.1) is 6.58 Å². The molecule has 1 heterocycles. The normalized spacial score (nSPS) is 15.6. The number of aliphatic hydroxyl groups is 1. The summed E-state index contributed by atoms with van der Waals surface area (Å²) in [6.07, 6.45) is 2.87. The lowest BCUT2D eigenvalue weighted by atomic mass is 9.94. The molecule has 2 N–H and O–H groups in total. The van der Waals surface area contributed by atoms with E-state index < -0.39 is 0 Å². The van der Waals surface area contributed by atoms with Crippen LogP contribution in [-0.4, -0.2) is 41.8 Å². The quantitative estimate of drug-likeness (QED) is 0.484. The van der Waals surface area contributed by atoms with Crippen molar-refractivity contribution in [3.63, 3.8) is 0 Å². The maximum atomic E-state index is 9.12. The molecule has 0 saturated carbocycles. The molecule has 2 rings (SSSR count). The topological polar surface area (TPSA) is 35.3 Å². The van der Waals surface area contributed by atoms with Crippen LogP contribution in [0, 0.1) is 0 Å². The van der Waals surface area contributed by atoms with E-state index in [-0.39, 0.29) is 19.0 Å². The number of rotatable bonds is 6. The molecule has 1 aliphatic heterocycles. The second-order valence-corrected chi connectivity index (χ2v) is 4.51. The molecule has 1 unspecified atom stereocenters. The summed E-state index contributed by atoms with van der Waals surface area (Å²) in [4.78, 5) is 0. The lowest BCUT2D eigenvalue weighted by molar-refractivity contribution is -0.521. The minimum atomic E-state index is 0. The average molecular weight is 281 g/mol. The summed E-state index contributed by atoms with van der Waals surface area (Å²) in [5.74, 6) is 1.54. The highest BCUT2D eigenvalue weighted by Gasteiger charge is 2.29. The Labute approximate surface area is 121 Å². The number of hydrogen-bond acceptors (Lipinski definition) is 2. The number of nitrogens with one attached hydrogen (secondary N) is 1. The van der Waals surface area contributed by atoms with E-state index in [1.165, 1.54) is 11.4 Å². The van der Waals surface area contributed by atoms with Crippen LogP contribution in [0.4, 0.5) is 0 Å². The molecule has 0 fully saturated rings. The molecular weight excluding hydrogens is 260 g/mol. The molecule has 1 aromatic rings. The first kappa shape index (κ1) is 15.7. The Balaban J connectivity index is 0.00000180. The molecule has 4 heteroatoms. The van der Waals surface area contributed by atoms with Crippen molar-refractivity contribution in [3.05, 3.63) is 48.6 Å². The highest BCUT2D eigenvalue weighted by atomic mass is 35.5. The largest absolute Gasteiger partial charge is 1.00 e. The summed E-state index contributed by atoms with van der Waals surface area (Å²) in [7, 11) is 0. The summed E-state index contributed by atoms with van der Waals surface area (Å²) < 4.78 is 2.24. The molecule has 19 heavy (non-hydrogen) atoms. The van der Waals surface area contributed by atoms with E-state index in [0.29, 0.717) is 12.5 Å². The molecule has 0 amide bonds. The summed E-state index contributed by atoms with van der Waals surface area (Å²) in [6.45, 7) is 6.67. The molecule has 1 aromatic carbocycles. The van der Waals surface area contributed by atoms with Gasteiger partial charge in [0, 0.05) is 0 Å². The lowest BCUT2D eigenvalue weighted by Crippen LogP contribution is -3.00. The van der Waals surface area contributed by atoms with E-state index >= 15 is 0 Å². The van der Waals surface area contributed by atoms with Gasteiger partial charge in [-0.1, -0.05) is 36.4 Å². The average Bonchev–Trinajstić information content (AvgIpc) is 2.85. The highest BCUT2D eigenvalue weighted by molar-refractivity contribution is 5.85. The van der Waals surface area contributed by atoms with Crippen LogP contribution in [0.15, 0.2) is 43.0 Å². The van der Waals surface area contributed by atoms with Crippen LogP contribution in [0.5, 0.6) is 0 Å². The zero-order chi connectivity index (χ0) is 12.8. The molecule has 0 aromatic heterocycles. The molecular formula is C15H21ClN2O. The molecule has 1 atom stereocenters. The van der Waals surface area contributed by atoms with Crippen LogP contribution in [0.3, 0.4) is 0 Å². The van der Waals surface area contributed by atoms with E-state index in [1.807, 2.05) is 12.1 Å². The number of amidine groups is 1. The second kappa shape index (κ2) is 7.97. The van der Waals surface area contributed by atoms with Gasteiger partial charge in [-0.2, -0.15) is 0 Å². The van der Waals surface area contributed by atoms with Crippen LogP contribution in [-0.2, 0) is 0 Å². The number of aliphatic hydroxyl groups excluding tert-OH is 1. The Bertz CT molecular complexity index is 431. The molecule has 0 radical (unpaired) electrons. The second-order valence-electron chi connectivity index (χ2n) is 4.51. The van der Waals surface area contributed by atoms with E-state index in [0.717, 1.165) is 19.5 Å². The third kappa shape index (κ3) is 3.82.